The standard InChI is InChI=1S/C17H22O9/c1-8(18)17(26,9(2)19)16(25)15(24)14(23)13(22)12(21)11(20)10-6-4-3-5-7-10/h3-7,12-16,21-26H,1-2H3/t12?,13-,14+,15-,16-/m0/s1. The van der Waals surface area contributed by atoms with E-state index in [9.17, 15) is 45.0 Å². The van der Waals surface area contributed by atoms with Crippen molar-refractivity contribution in [1.29, 1.82) is 0 Å². The summed E-state index contributed by atoms with van der Waals surface area (Å²) in [5.41, 5.74) is -3.00. The molecular weight excluding hydrogens is 348 g/mol. The van der Waals surface area contributed by atoms with E-state index in [0.717, 1.165) is 13.8 Å². The number of carbonyl (C=O) groups excluding carboxylic acids is 3. The van der Waals surface area contributed by atoms with Crippen molar-refractivity contribution in [3.63, 3.8) is 0 Å². The Labute approximate surface area is 149 Å². The molecule has 0 aliphatic rings. The molecule has 0 aliphatic heterocycles. The van der Waals surface area contributed by atoms with E-state index < -0.39 is 53.5 Å². The molecule has 1 aromatic rings. The molecule has 0 amide bonds. The predicted octanol–water partition coefficient (Wildman–Crippen LogP) is -2.42. The summed E-state index contributed by atoms with van der Waals surface area (Å²) >= 11 is 0. The molecule has 6 N–H and O–H groups in total. The highest BCUT2D eigenvalue weighted by atomic mass is 16.4. The molecule has 0 bridgehead atoms. The van der Waals surface area contributed by atoms with Gasteiger partial charge in [-0.05, 0) is 13.8 Å². The third kappa shape index (κ3) is 4.21. The Balaban J connectivity index is 2.99. The van der Waals surface area contributed by atoms with E-state index in [2.05, 4.69) is 0 Å². The Morgan fingerprint density at radius 1 is 0.808 bits per heavy atom. The van der Waals surface area contributed by atoms with Gasteiger partial charge in [-0.1, -0.05) is 30.3 Å². The molecule has 9 heteroatoms. The van der Waals surface area contributed by atoms with Crippen LogP contribution in [0.3, 0.4) is 0 Å². The summed E-state index contributed by atoms with van der Waals surface area (Å²) in [7, 11) is 0. The average molecular weight is 370 g/mol. The van der Waals surface area contributed by atoms with E-state index in [0.29, 0.717) is 0 Å². The van der Waals surface area contributed by atoms with Crippen LogP contribution in [0.15, 0.2) is 30.3 Å². The highest BCUT2D eigenvalue weighted by Gasteiger charge is 2.51. The molecule has 144 valence electrons. The number of Topliss-reactive ketones (excluding diaryl/α,β-unsaturated/α-hetero) is 3. The number of hydrogen-bond donors (Lipinski definition) is 6. The molecule has 1 unspecified atom stereocenters. The SMILES string of the molecule is CC(=O)C(O)(C(C)=O)[C@@H](O)[C@@H](O)[C@H](O)[C@@H](O)C(O)C(=O)c1ccccc1. The lowest BCUT2D eigenvalue weighted by molar-refractivity contribution is -0.186. The molecule has 0 spiro atoms. The van der Waals surface area contributed by atoms with Crippen molar-refractivity contribution in [1.82, 2.24) is 0 Å². The van der Waals surface area contributed by atoms with Crippen molar-refractivity contribution in [3.8, 4) is 0 Å². The van der Waals surface area contributed by atoms with Crippen LogP contribution in [0.4, 0.5) is 0 Å². The van der Waals surface area contributed by atoms with Gasteiger partial charge in [0.1, 0.15) is 30.5 Å². The maximum Gasteiger partial charge on any atom is 0.209 e. The fourth-order valence-corrected chi connectivity index (χ4v) is 2.42. The van der Waals surface area contributed by atoms with E-state index >= 15 is 0 Å². The largest absolute Gasteiger partial charge is 0.387 e. The molecule has 0 saturated carbocycles. The second-order valence-electron chi connectivity index (χ2n) is 5.97. The van der Waals surface area contributed by atoms with Crippen LogP contribution < -0.4 is 0 Å². The molecule has 0 radical (unpaired) electrons. The third-order valence-electron chi connectivity index (χ3n) is 4.18. The average Bonchev–Trinajstić information content (AvgIpc) is 2.63. The van der Waals surface area contributed by atoms with Gasteiger partial charge in [-0.15, -0.1) is 0 Å². The summed E-state index contributed by atoms with van der Waals surface area (Å²) in [6, 6.07) is 7.31. The van der Waals surface area contributed by atoms with Gasteiger partial charge in [0.25, 0.3) is 0 Å². The molecule has 0 heterocycles. The molecule has 0 aliphatic carbocycles. The smallest absolute Gasteiger partial charge is 0.209 e. The Morgan fingerprint density at radius 3 is 1.69 bits per heavy atom. The molecule has 1 rings (SSSR count). The second kappa shape index (κ2) is 8.58. The summed E-state index contributed by atoms with van der Waals surface area (Å²) < 4.78 is 0. The summed E-state index contributed by atoms with van der Waals surface area (Å²) in [6.45, 7) is 1.57. The zero-order chi connectivity index (χ0) is 20.2. The molecule has 26 heavy (non-hydrogen) atoms. The van der Waals surface area contributed by atoms with Gasteiger partial charge in [0.05, 0.1) is 0 Å². The molecule has 9 nitrogen and oxygen atoms in total. The van der Waals surface area contributed by atoms with Crippen LogP contribution in [0.25, 0.3) is 0 Å². The zero-order valence-corrected chi connectivity index (χ0v) is 14.2. The van der Waals surface area contributed by atoms with Crippen LogP contribution in [0, 0.1) is 0 Å². The molecule has 0 saturated heterocycles. The van der Waals surface area contributed by atoms with Crippen LogP contribution in [0.2, 0.25) is 0 Å². The van der Waals surface area contributed by atoms with Crippen LogP contribution >= 0.6 is 0 Å². The predicted molar refractivity (Wildman–Crippen MR) is 87.1 cm³/mol. The molecule has 1 aromatic carbocycles. The van der Waals surface area contributed by atoms with E-state index in [1.54, 1.807) is 6.07 Å². The van der Waals surface area contributed by atoms with Gasteiger partial charge in [-0.3, -0.25) is 14.4 Å². The number of carbonyl (C=O) groups is 3. The summed E-state index contributed by atoms with van der Waals surface area (Å²) in [5, 5.41) is 59.7. The minimum absolute atomic E-state index is 0.0188. The molecule has 5 atom stereocenters. The van der Waals surface area contributed by atoms with Gasteiger partial charge in [-0.25, -0.2) is 0 Å². The maximum atomic E-state index is 12.1. The van der Waals surface area contributed by atoms with Crippen molar-refractivity contribution in [2.75, 3.05) is 0 Å². The first-order valence-electron chi connectivity index (χ1n) is 7.70. The topological polar surface area (TPSA) is 173 Å². The Bertz CT molecular complexity index is 643. The fourth-order valence-electron chi connectivity index (χ4n) is 2.42. The van der Waals surface area contributed by atoms with E-state index in [4.69, 9.17) is 0 Å². The highest BCUT2D eigenvalue weighted by Crippen LogP contribution is 2.21. The Kier molecular flexibility index (Phi) is 7.27. The zero-order valence-electron chi connectivity index (χ0n) is 14.2. The number of benzene rings is 1. The summed E-state index contributed by atoms with van der Waals surface area (Å²) in [4.78, 5) is 35.0. The van der Waals surface area contributed by atoms with Crippen LogP contribution in [0.5, 0.6) is 0 Å². The van der Waals surface area contributed by atoms with Crippen molar-refractivity contribution in [2.45, 2.75) is 50.0 Å². The van der Waals surface area contributed by atoms with Gasteiger partial charge in [-0.2, -0.15) is 0 Å². The highest BCUT2D eigenvalue weighted by molar-refractivity contribution is 6.09. The van der Waals surface area contributed by atoms with Crippen LogP contribution in [-0.2, 0) is 9.59 Å². The number of hydrogen-bond acceptors (Lipinski definition) is 9. The van der Waals surface area contributed by atoms with Crippen molar-refractivity contribution < 1.29 is 45.0 Å². The molecular formula is C17H22O9. The van der Waals surface area contributed by atoms with Gasteiger partial charge in [0.15, 0.2) is 17.3 Å². The van der Waals surface area contributed by atoms with Gasteiger partial charge >= 0.3 is 0 Å². The number of ketones is 3. The van der Waals surface area contributed by atoms with Crippen LogP contribution in [0.1, 0.15) is 24.2 Å². The van der Waals surface area contributed by atoms with Crippen molar-refractivity contribution in [2.24, 2.45) is 0 Å². The van der Waals surface area contributed by atoms with Gasteiger partial charge in [0.2, 0.25) is 5.60 Å². The molecule has 0 fully saturated rings. The maximum absolute atomic E-state index is 12.1. The summed E-state index contributed by atoms with van der Waals surface area (Å²) in [6.07, 6.45) is -11.7. The van der Waals surface area contributed by atoms with E-state index in [1.165, 1.54) is 24.3 Å². The first kappa shape index (κ1) is 22.0. The lowest BCUT2D eigenvalue weighted by Gasteiger charge is -2.35. The third-order valence-corrected chi connectivity index (χ3v) is 4.18. The fraction of sp³-hybridized carbons (Fsp3) is 0.471. The minimum Gasteiger partial charge on any atom is -0.387 e. The first-order valence-corrected chi connectivity index (χ1v) is 7.70. The van der Waals surface area contributed by atoms with E-state index in [1.807, 2.05) is 0 Å². The van der Waals surface area contributed by atoms with E-state index in [-0.39, 0.29) is 5.56 Å². The minimum atomic E-state index is -3.02. The lowest BCUT2D eigenvalue weighted by atomic mass is 9.82. The molecule has 0 aromatic heterocycles. The Hall–Kier alpha value is -2.01. The van der Waals surface area contributed by atoms with Gasteiger partial charge < -0.3 is 30.6 Å². The normalized spacial score (nSPS) is 17.7. The lowest BCUT2D eigenvalue weighted by Crippen LogP contribution is -2.63. The monoisotopic (exact) mass is 370 g/mol. The Morgan fingerprint density at radius 2 is 1.27 bits per heavy atom. The summed E-state index contributed by atoms with van der Waals surface area (Å²) in [5.74, 6) is -3.36. The second-order valence-corrected chi connectivity index (χ2v) is 5.97. The number of rotatable bonds is 9. The number of aliphatic hydroxyl groups excluding tert-OH is 5. The first-order chi connectivity index (χ1) is 12.0. The number of aliphatic hydroxyl groups is 6. The van der Waals surface area contributed by atoms with Gasteiger partial charge in [0, 0.05) is 5.56 Å². The quantitative estimate of drug-likeness (QED) is 0.204. The van der Waals surface area contributed by atoms with Crippen molar-refractivity contribution in [3.05, 3.63) is 35.9 Å². The van der Waals surface area contributed by atoms with Crippen molar-refractivity contribution >= 4 is 17.3 Å². The van der Waals surface area contributed by atoms with Crippen LogP contribution in [-0.4, -0.2) is 84.1 Å².